The molecule has 0 fully saturated rings. The van der Waals surface area contributed by atoms with Crippen LogP contribution >= 0.6 is 11.6 Å². The number of aryl methyl sites for hydroxylation is 1. The highest BCUT2D eigenvalue weighted by atomic mass is 35.5. The summed E-state index contributed by atoms with van der Waals surface area (Å²) < 4.78 is 3.78. The molecule has 0 saturated carbocycles. The van der Waals surface area contributed by atoms with Crippen molar-refractivity contribution in [2.45, 2.75) is 26.8 Å². The minimum Gasteiger partial charge on any atom is -0.310 e. The van der Waals surface area contributed by atoms with Crippen molar-refractivity contribution in [3.63, 3.8) is 0 Å². The Morgan fingerprint density at radius 1 is 1.14 bits per heavy atom. The topological polar surface area (TPSA) is 64.7 Å². The van der Waals surface area contributed by atoms with E-state index in [9.17, 15) is 4.79 Å². The summed E-state index contributed by atoms with van der Waals surface area (Å²) in [6, 6.07) is 17.5. The Balaban J connectivity index is 1.85. The molecule has 0 bridgehead atoms. The van der Waals surface area contributed by atoms with Gasteiger partial charge in [0.05, 0.1) is 23.3 Å². The molecular weight excluding hydrogens is 374 g/mol. The normalized spacial score (nSPS) is 11.1. The van der Waals surface area contributed by atoms with Gasteiger partial charge in [0.1, 0.15) is 5.82 Å². The van der Waals surface area contributed by atoms with Crippen LogP contribution in [0.4, 0.5) is 5.82 Å². The molecule has 0 saturated heterocycles. The number of aromatic nitrogens is 4. The van der Waals surface area contributed by atoms with Gasteiger partial charge in [0, 0.05) is 17.5 Å². The quantitative estimate of drug-likeness (QED) is 0.539. The molecule has 2 aromatic heterocycles. The zero-order chi connectivity index (χ0) is 19.7. The van der Waals surface area contributed by atoms with Gasteiger partial charge < -0.3 is 9.88 Å². The van der Waals surface area contributed by atoms with Crippen LogP contribution in [-0.2, 0) is 11.3 Å². The first-order chi connectivity index (χ1) is 13.5. The minimum absolute atomic E-state index is 0.0680. The Labute approximate surface area is 167 Å². The first-order valence-electron chi connectivity index (χ1n) is 9.11. The van der Waals surface area contributed by atoms with Crippen LogP contribution in [0.5, 0.6) is 0 Å². The number of hydrogen-bond acceptors (Lipinski definition) is 3. The number of hydrogen-bond donors (Lipinski definition) is 1. The predicted molar refractivity (Wildman–Crippen MR) is 111 cm³/mol. The molecule has 6 nitrogen and oxygen atoms in total. The van der Waals surface area contributed by atoms with Crippen molar-refractivity contribution in [2.24, 2.45) is 0 Å². The number of imidazole rings is 1. The number of nitrogens with zero attached hydrogens (tertiary/aromatic N) is 4. The number of benzene rings is 2. The van der Waals surface area contributed by atoms with Crippen molar-refractivity contribution in [3.8, 4) is 5.95 Å². The first kappa shape index (κ1) is 18.3. The van der Waals surface area contributed by atoms with E-state index in [-0.39, 0.29) is 5.91 Å². The second-order valence-electron chi connectivity index (χ2n) is 6.60. The predicted octanol–water partition coefficient (Wildman–Crippen LogP) is 4.58. The Hall–Kier alpha value is -3.12. The van der Waals surface area contributed by atoms with Gasteiger partial charge in [-0.2, -0.15) is 9.78 Å². The number of para-hydroxylation sites is 2. The van der Waals surface area contributed by atoms with E-state index in [1.165, 1.54) is 0 Å². The van der Waals surface area contributed by atoms with Crippen molar-refractivity contribution in [1.82, 2.24) is 19.3 Å². The summed E-state index contributed by atoms with van der Waals surface area (Å²) in [5.74, 6) is 1.19. The van der Waals surface area contributed by atoms with Gasteiger partial charge in [0.2, 0.25) is 11.9 Å². The average molecular weight is 394 g/mol. The number of carbonyl (C=O) groups excluding carboxylic acids is 1. The number of carbonyl (C=O) groups is 1. The van der Waals surface area contributed by atoms with Crippen molar-refractivity contribution in [3.05, 3.63) is 70.9 Å². The van der Waals surface area contributed by atoms with Gasteiger partial charge in [-0.1, -0.05) is 42.8 Å². The lowest BCUT2D eigenvalue weighted by atomic mass is 10.2. The molecule has 28 heavy (non-hydrogen) atoms. The molecule has 2 aromatic carbocycles. The minimum atomic E-state index is -0.0680. The highest BCUT2D eigenvalue weighted by Gasteiger charge is 2.18. The van der Waals surface area contributed by atoms with Crippen LogP contribution in [0.25, 0.3) is 17.0 Å². The maximum absolute atomic E-state index is 12.0. The molecule has 7 heteroatoms. The van der Waals surface area contributed by atoms with Crippen LogP contribution in [0.2, 0.25) is 5.02 Å². The molecule has 0 radical (unpaired) electrons. The Bertz CT molecular complexity index is 1140. The van der Waals surface area contributed by atoms with Crippen LogP contribution in [0.15, 0.2) is 54.6 Å². The Kier molecular flexibility index (Phi) is 4.88. The number of amides is 1. The Morgan fingerprint density at radius 3 is 2.64 bits per heavy atom. The maximum Gasteiger partial charge on any atom is 0.234 e. The second kappa shape index (κ2) is 7.48. The highest BCUT2D eigenvalue weighted by Crippen LogP contribution is 2.24. The van der Waals surface area contributed by atoms with Crippen LogP contribution in [0.1, 0.15) is 24.6 Å². The molecule has 0 aliphatic rings. The summed E-state index contributed by atoms with van der Waals surface area (Å²) in [5.41, 5.74) is 3.76. The van der Waals surface area contributed by atoms with Crippen LogP contribution in [0.3, 0.4) is 0 Å². The largest absolute Gasteiger partial charge is 0.310 e. The smallest absolute Gasteiger partial charge is 0.234 e. The Morgan fingerprint density at radius 2 is 1.89 bits per heavy atom. The van der Waals surface area contributed by atoms with E-state index in [2.05, 4.69) is 15.0 Å². The lowest BCUT2D eigenvalue weighted by Gasteiger charge is -2.12. The second-order valence-corrected chi connectivity index (χ2v) is 7.03. The maximum atomic E-state index is 12.0. The lowest BCUT2D eigenvalue weighted by molar-refractivity contribution is -0.115. The summed E-state index contributed by atoms with van der Waals surface area (Å²) in [6.45, 7) is 4.32. The van der Waals surface area contributed by atoms with Gasteiger partial charge in [0.15, 0.2) is 0 Å². The number of anilines is 1. The molecule has 0 aliphatic heterocycles. The molecule has 1 N–H and O–H groups in total. The first-order valence-corrected chi connectivity index (χ1v) is 9.49. The van der Waals surface area contributed by atoms with Crippen LogP contribution in [0, 0.1) is 6.92 Å². The van der Waals surface area contributed by atoms with Gasteiger partial charge in [-0.3, -0.25) is 4.79 Å². The van der Waals surface area contributed by atoms with E-state index in [4.69, 9.17) is 16.6 Å². The fraction of sp³-hybridized carbons (Fsp3) is 0.190. The molecule has 1 amide bonds. The van der Waals surface area contributed by atoms with Gasteiger partial charge in [-0.05, 0) is 36.8 Å². The van der Waals surface area contributed by atoms with Gasteiger partial charge >= 0.3 is 0 Å². The third kappa shape index (κ3) is 3.51. The monoisotopic (exact) mass is 393 g/mol. The lowest BCUT2D eigenvalue weighted by Crippen LogP contribution is -2.16. The van der Waals surface area contributed by atoms with Crippen molar-refractivity contribution >= 4 is 34.4 Å². The molecule has 2 heterocycles. The molecule has 4 aromatic rings. The summed E-state index contributed by atoms with van der Waals surface area (Å²) >= 11 is 6.03. The van der Waals surface area contributed by atoms with Crippen molar-refractivity contribution in [1.29, 1.82) is 0 Å². The van der Waals surface area contributed by atoms with E-state index < -0.39 is 0 Å². The fourth-order valence-electron chi connectivity index (χ4n) is 3.12. The van der Waals surface area contributed by atoms with Crippen molar-refractivity contribution < 1.29 is 4.79 Å². The van der Waals surface area contributed by atoms with Gasteiger partial charge in [-0.15, -0.1) is 0 Å². The van der Waals surface area contributed by atoms with E-state index >= 15 is 0 Å². The highest BCUT2D eigenvalue weighted by molar-refractivity contribution is 6.30. The van der Waals surface area contributed by atoms with Crippen molar-refractivity contribution in [2.75, 3.05) is 5.32 Å². The molecule has 4 rings (SSSR count). The third-order valence-corrected chi connectivity index (χ3v) is 4.75. The van der Waals surface area contributed by atoms with Gasteiger partial charge in [0.25, 0.3) is 0 Å². The number of nitrogens with one attached hydrogen (secondary N) is 1. The van der Waals surface area contributed by atoms with E-state index in [1.54, 1.807) is 4.68 Å². The zero-order valence-electron chi connectivity index (χ0n) is 15.7. The molecule has 0 aliphatic carbocycles. The number of rotatable bonds is 5. The summed E-state index contributed by atoms with van der Waals surface area (Å²) in [4.78, 5) is 16.8. The fourth-order valence-corrected chi connectivity index (χ4v) is 3.25. The standard InChI is InChI=1S/C21H20ClN5O/c1-3-20(28)24-19-12-14(2)25-27(19)21-23-17-6-4-5-7-18(17)26(21)13-15-8-10-16(22)11-9-15/h4-12H,3,13H2,1-2H3,(H,24,28). The third-order valence-electron chi connectivity index (χ3n) is 4.50. The van der Waals surface area contributed by atoms with E-state index in [0.717, 1.165) is 22.3 Å². The molecule has 142 valence electrons. The summed E-state index contributed by atoms with van der Waals surface area (Å²) in [6.07, 6.45) is 0.394. The van der Waals surface area contributed by atoms with Crippen LogP contribution in [-0.4, -0.2) is 25.2 Å². The SMILES string of the molecule is CCC(=O)Nc1cc(C)nn1-c1nc2ccccc2n1Cc1ccc(Cl)cc1. The van der Waals surface area contributed by atoms with Crippen LogP contribution < -0.4 is 5.32 Å². The van der Waals surface area contributed by atoms with E-state index in [0.29, 0.717) is 29.8 Å². The number of fused-ring (bicyclic) bond motifs is 1. The molecule has 0 atom stereocenters. The molecule has 0 spiro atoms. The zero-order valence-corrected chi connectivity index (χ0v) is 16.4. The summed E-state index contributed by atoms with van der Waals surface area (Å²) in [5, 5.41) is 8.19. The molecule has 0 unspecified atom stereocenters. The van der Waals surface area contributed by atoms with E-state index in [1.807, 2.05) is 68.4 Å². The average Bonchev–Trinajstić information content (AvgIpc) is 3.23. The number of halogens is 1. The molecular formula is C21H20ClN5O. The summed E-state index contributed by atoms with van der Waals surface area (Å²) in [7, 11) is 0. The van der Waals surface area contributed by atoms with Gasteiger partial charge in [-0.25, -0.2) is 4.98 Å².